The quantitative estimate of drug-likeness (QED) is 0.346. The van der Waals surface area contributed by atoms with Crippen LogP contribution in [0.2, 0.25) is 5.02 Å². The summed E-state index contributed by atoms with van der Waals surface area (Å²) in [6, 6.07) is 10.6. The maximum Gasteiger partial charge on any atom is 0.415 e. The Balaban J connectivity index is 1.36. The number of nitrogens with one attached hydrogen (secondary N) is 2. The number of rotatable bonds is 7. The lowest BCUT2D eigenvalue weighted by Gasteiger charge is -2.17. The number of pyridine rings is 2. The van der Waals surface area contributed by atoms with Gasteiger partial charge < -0.3 is 19.8 Å². The number of amides is 1. The Bertz CT molecular complexity index is 1440. The molecule has 3 aromatic heterocycles. The lowest BCUT2D eigenvalue weighted by atomic mass is 10.1. The molecule has 9 nitrogen and oxygen atoms in total. The number of anilines is 2. The highest BCUT2D eigenvalue weighted by Crippen LogP contribution is 2.34. The second-order valence-electron chi connectivity index (χ2n) is 8.07. The van der Waals surface area contributed by atoms with Crippen molar-refractivity contribution in [1.82, 2.24) is 15.0 Å². The van der Waals surface area contributed by atoms with E-state index in [2.05, 4.69) is 20.3 Å². The van der Waals surface area contributed by atoms with Gasteiger partial charge in [-0.1, -0.05) is 29.0 Å². The highest BCUT2D eigenvalue weighted by atomic mass is 35.5. The minimum atomic E-state index is -0.381. The molecule has 35 heavy (non-hydrogen) atoms. The molecule has 0 saturated carbocycles. The van der Waals surface area contributed by atoms with Crippen LogP contribution < -0.4 is 20.5 Å². The number of hydrogen-bond acceptors (Lipinski definition) is 8. The van der Waals surface area contributed by atoms with Crippen molar-refractivity contribution >= 4 is 50.1 Å². The van der Waals surface area contributed by atoms with E-state index in [0.29, 0.717) is 45.1 Å². The van der Waals surface area contributed by atoms with Gasteiger partial charge in [0.2, 0.25) is 0 Å². The average molecular weight is 512 g/mol. The number of H-pyrrole nitrogens is 1. The van der Waals surface area contributed by atoms with E-state index in [-0.39, 0.29) is 23.8 Å². The standard InChI is InChI=1S/C24H22ClN5O4S/c1-13(28-23-27-12-21(35-23)30-7-8-33-24(30)32)16-9-15-10-17(25)20(11-19(15)29-22(16)31)34-14(2)18-5-3-4-6-26-18/h3-6,9-14H,7-8H2,1-2H3,(H,27,28)(H,29,31)/t13-,14+/m0/s1. The van der Waals surface area contributed by atoms with Gasteiger partial charge in [-0.15, -0.1) is 0 Å². The number of ether oxygens (including phenoxy) is 2. The van der Waals surface area contributed by atoms with Crippen LogP contribution in [0.3, 0.4) is 0 Å². The molecule has 2 N–H and O–H groups in total. The van der Waals surface area contributed by atoms with E-state index in [1.807, 2.05) is 32.0 Å². The highest BCUT2D eigenvalue weighted by Gasteiger charge is 2.26. The summed E-state index contributed by atoms with van der Waals surface area (Å²) in [4.78, 5) is 37.8. The predicted octanol–water partition coefficient (Wildman–Crippen LogP) is 5.30. The SMILES string of the molecule is C[C@H](Nc1ncc(N2CCOC2=O)s1)c1cc2cc(Cl)c(O[C@H](C)c3ccccn3)cc2[nH]c1=O. The highest BCUT2D eigenvalue weighted by molar-refractivity contribution is 7.19. The van der Waals surface area contributed by atoms with Gasteiger partial charge in [0, 0.05) is 23.2 Å². The molecule has 180 valence electrons. The third kappa shape index (κ3) is 4.80. The van der Waals surface area contributed by atoms with E-state index < -0.39 is 0 Å². The van der Waals surface area contributed by atoms with Crippen LogP contribution in [0.1, 0.15) is 37.3 Å². The smallest absolute Gasteiger partial charge is 0.415 e. The number of aromatic nitrogens is 3. The molecule has 4 aromatic rings. The number of nitrogens with zero attached hydrogens (tertiary/aromatic N) is 3. The molecule has 11 heteroatoms. The summed E-state index contributed by atoms with van der Waals surface area (Å²) in [6.45, 7) is 4.61. The van der Waals surface area contributed by atoms with Crippen LogP contribution in [0.15, 0.2) is 53.6 Å². The monoisotopic (exact) mass is 511 g/mol. The average Bonchev–Trinajstić information content (AvgIpc) is 3.48. The fourth-order valence-corrected chi connectivity index (χ4v) is 4.95. The van der Waals surface area contributed by atoms with E-state index in [1.165, 1.54) is 16.2 Å². The Labute approximate surface area is 209 Å². The molecule has 0 aliphatic carbocycles. The summed E-state index contributed by atoms with van der Waals surface area (Å²) < 4.78 is 11.0. The molecule has 5 rings (SSSR count). The van der Waals surface area contributed by atoms with Gasteiger partial charge in [-0.05, 0) is 38.1 Å². The van der Waals surface area contributed by atoms with E-state index in [0.717, 1.165) is 11.1 Å². The molecule has 1 saturated heterocycles. The van der Waals surface area contributed by atoms with E-state index in [9.17, 15) is 9.59 Å². The maximum absolute atomic E-state index is 12.9. The third-order valence-electron chi connectivity index (χ3n) is 5.66. The summed E-state index contributed by atoms with van der Waals surface area (Å²) in [5, 5.41) is 5.73. The Hall–Kier alpha value is -3.63. The zero-order valence-electron chi connectivity index (χ0n) is 18.9. The first-order chi connectivity index (χ1) is 16.9. The van der Waals surface area contributed by atoms with Gasteiger partial charge in [0.25, 0.3) is 5.56 Å². The molecule has 2 atom stereocenters. The number of aromatic amines is 1. The van der Waals surface area contributed by atoms with Crippen molar-refractivity contribution in [3.8, 4) is 5.75 Å². The summed E-state index contributed by atoms with van der Waals surface area (Å²) in [7, 11) is 0. The van der Waals surface area contributed by atoms with Gasteiger partial charge in [0.05, 0.1) is 35.0 Å². The van der Waals surface area contributed by atoms with Crippen molar-refractivity contribution in [2.45, 2.75) is 26.0 Å². The Kier molecular flexibility index (Phi) is 6.31. The summed E-state index contributed by atoms with van der Waals surface area (Å²) >= 11 is 7.83. The lowest BCUT2D eigenvalue weighted by molar-refractivity contribution is 0.181. The molecular formula is C24H22ClN5O4S. The Morgan fingerprint density at radius 1 is 1.23 bits per heavy atom. The zero-order valence-corrected chi connectivity index (χ0v) is 20.5. The molecule has 1 fully saturated rings. The van der Waals surface area contributed by atoms with Crippen LogP contribution in [0.4, 0.5) is 14.9 Å². The van der Waals surface area contributed by atoms with Crippen LogP contribution in [0.25, 0.3) is 10.9 Å². The number of halogens is 1. The normalized spacial score (nSPS) is 15.2. The summed E-state index contributed by atoms with van der Waals surface area (Å²) in [5.74, 6) is 0.461. The largest absolute Gasteiger partial charge is 0.483 e. The van der Waals surface area contributed by atoms with Crippen molar-refractivity contribution in [2.24, 2.45) is 0 Å². The summed E-state index contributed by atoms with van der Waals surface area (Å²) in [6.07, 6.45) is 2.63. The second-order valence-corrected chi connectivity index (χ2v) is 9.49. The fourth-order valence-electron chi connectivity index (χ4n) is 3.82. The number of fused-ring (bicyclic) bond motifs is 1. The van der Waals surface area contributed by atoms with E-state index in [1.54, 1.807) is 30.6 Å². The molecule has 0 unspecified atom stereocenters. The van der Waals surface area contributed by atoms with Crippen LogP contribution >= 0.6 is 22.9 Å². The van der Waals surface area contributed by atoms with Gasteiger partial charge in [0.15, 0.2) is 5.13 Å². The molecule has 0 spiro atoms. The van der Waals surface area contributed by atoms with Crippen molar-refractivity contribution in [3.63, 3.8) is 0 Å². The first-order valence-electron chi connectivity index (χ1n) is 11.0. The number of carbonyl (C=O) groups is 1. The third-order valence-corrected chi connectivity index (χ3v) is 6.91. The molecule has 4 heterocycles. The molecule has 0 radical (unpaired) electrons. The van der Waals surface area contributed by atoms with Crippen molar-refractivity contribution in [3.05, 3.63) is 75.4 Å². The second kappa shape index (κ2) is 9.55. The van der Waals surface area contributed by atoms with Crippen LogP contribution in [-0.2, 0) is 4.74 Å². The van der Waals surface area contributed by atoms with E-state index >= 15 is 0 Å². The Morgan fingerprint density at radius 3 is 2.83 bits per heavy atom. The van der Waals surface area contributed by atoms with Crippen LogP contribution in [0, 0.1) is 0 Å². The number of carbonyl (C=O) groups excluding carboxylic acids is 1. The van der Waals surface area contributed by atoms with Gasteiger partial charge >= 0.3 is 6.09 Å². The predicted molar refractivity (Wildman–Crippen MR) is 136 cm³/mol. The lowest BCUT2D eigenvalue weighted by Crippen LogP contribution is -2.22. The van der Waals surface area contributed by atoms with Crippen LogP contribution in [0.5, 0.6) is 5.75 Å². The first-order valence-corrected chi connectivity index (χ1v) is 12.2. The molecular weight excluding hydrogens is 490 g/mol. The fraction of sp³-hybridized carbons (Fsp3) is 0.250. The molecule has 1 amide bonds. The number of thiazole rings is 1. The molecule has 1 aliphatic heterocycles. The zero-order chi connectivity index (χ0) is 24.5. The summed E-state index contributed by atoms with van der Waals surface area (Å²) in [5.41, 5.74) is 1.69. The van der Waals surface area contributed by atoms with Crippen LogP contribution in [-0.4, -0.2) is 34.2 Å². The van der Waals surface area contributed by atoms with Gasteiger partial charge in [-0.25, -0.2) is 9.78 Å². The number of cyclic esters (lactones) is 1. The first kappa shape index (κ1) is 23.1. The minimum absolute atomic E-state index is 0.233. The van der Waals surface area contributed by atoms with Gasteiger partial charge in [-0.2, -0.15) is 0 Å². The van der Waals surface area contributed by atoms with Crippen molar-refractivity contribution in [2.75, 3.05) is 23.4 Å². The van der Waals surface area contributed by atoms with Gasteiger partial charge in [-0.3, -0.25) is 14.7 Å². The topological polar surface area (TPSA) is 109 Å². The Morgan fingerprint density at radius 2 is 2.09 bits per heavy atom. The molecule has 1 aromatic carbocycles. The van der Waals surface area contributed by atoms with Gasteiger partial charge in [0.1, 0.15) is 23.5 Å². The van der Waals surface area contributed by atoms with E-state index in [4.69, 9.17) is 21.1 Å². The van der Waals surface area contributed by atoms with Crippen molar-refractivity contribution in [1.29, 1.82) is 0 Å². The van der Waals surface area contributed by atoms with Crippen molar-refractivity contribution < 1.29 is 14.3 Å². The molecule has 1 aliphatic rings. The molecule has 0 bridgehead atoms. The maximum atomic E-state index is 12.9. The minimum Gasteiger partial charge on any atom is -0.483 e. The number of benzene rings is 1. The number of hydrogen-bond donors (Lipinski definition) is 2.